The third-order valence-electron chi connectivity index (χ3n) is 3.25. The summed E-state index contributed by atoms with van der Waals surface area (Å²) in [5.74, 6) is 0.0454. The normalized spacial score (nSPS) is 11.7. The molecule has 0 aliphatic rings. The van der Waals surface area contributed by atoms with Crippen LogP contribution in [0.5, 0.6) is 5.75 Å². The molecule has 5 nitrogen and oxygen atoms in total. The number of ether oxygens (including phenoxy) is 1. The van der Waals surface area contributed by atoms with Crippen LogP contribution in [-0.2, 0) is 11.3 Å². The molecule has 3 rings (SSSR count). The molecule has 0 fully saturated rings. The predicted octanol–water partition coefficient (Wildman–Crippen LogP) is 5.66. The van der Waals surface area contributed by atoms with Gasteiger partial charge in [0.1, 0.15) is 16.3 Å². The third kappa shape index (κ3) is 4.05. The van der Waals surface area contributed by atoms with Crippen molar-refractivity contribution in [3.8, 4) is 5.75 Å². The molecule has 0 aromatic carbocycles. The summed E-state index contributed by atoms with van der Waals surface area (Å²) in [6, 6.07) is 5.50. The fraction of sp³-hybridized carbons (Fsp3) is 0.294. The van der Waals surface area contributed by atoms with E-state index < -0.39 is 11.7 Å². The van der Waals surface area contributed by atoms with Gasteiger partial charge < -0.3 is 9.84 Å². The van der Waals surface area contributed by atoms with Crippen LogP contribution in [0, 0.1) is 0 Å². The largest absolute Gasteiger partial charge is 0.505 e. The second-order valence-corrected chi connectivity index (χ2v) is 8.71. The van der Waals surface area contributed by atoms with Gasteiger partial charge in [-0.2, -0.15) is 0 Å². The van der Waals surface area contributed by atoms with Gasteiger partial charge in [-0.25, -0.2) is 9.78 Å². The van der Waals surface area contributed by atoms with E-state index in [2.05, 4.69) is 4.98 Å². The minimum absolute atomic E-state index is 0.0454. The van der Waals surface area contributed by atoms with Crippen LogP contribution in [0.3, 0.4) is 0 Å². The summed E-state index contributed by atoms with van der Waals surface area (Å²) in [5.41, 5.74) is 0.327. The van der Waals surface area contributed by atoms with E-state index in [4.69, 9.17) is 16.3 Å². The molecule has 132 valence electrons. The van der Waals surface area contributed by atoms with Crippen molar-refractivity contribution in [1.29, 1.82) is 0 Å². The standard InChI is InChI=1S/C17H17ClN2O3S2/c1-17(2,3)23-16(22)20(8-10-5-4-6-24-10)11-7-13(18)19-14-12(21)9-25-15(11)14/h4-7,9,21H,8H2,1-3H3. The summed E-state index contributed by atoms with van der Waals surface area (Å²) in [6.45, 7) is 5.81. The van der Waals surface area contributed by atoms with Crippen LogP contribution >= 0.6 is 34.3 Å². The molecule has 0 unspecified atom stereocenters. The topological polar surface area (TPSA) is 62.7 Å². The molecule has 25 heavy (non-hydrogen) atoms. The number of halogens is 1. The van der Waals surface area contributed by atoms with Crippen molar-refractivity contribution in [2.75, 3.05) is 4.90 Å². The number of aromatic nitrogens is 1. The molecular formula is C17H17ClN2O3S2. The lowest BCUT2D eigenvalue weighted by Gasteiger charge is -2.27. The third-order valence-corrected chi connectivity index (χ3v) is 5.29. The average molecular weight is 397 g/mol. The smallest absolute Gasteiger partial charge is 0.415 e. The number of hydrogen-bond acceptors (Lipinski definition) is 6. The molecule has 1 N–H and O–H groups in total. The van der Waals surface area contributed by atoms with Crippen molar-refractivity contribution in [3.63, 3.8) is 0 Å². The first-order valence-electron chi connectivity index (χ1n) is 7.54. The van der Waals surface area contributed by atoms with E-state index in [0.29, 0.717) is 22.4 Å². The van der Waals surface area contributed by atoms with Gasteiger partial charge in [0.25, 0.3) is 0 Å². The number of aromatic hydroxyl groups is 1. The molecule has 0 aliphatic heterocycles. The summed E-state index contributed by atoms with van der Waals surface area (Å²) < 4.78 is 6.25. The average Bonchev–Trinajstić information content (AvgIpc) is 3.13. The number of hydrogen-bond donors (Lipinski definition) is 1. The van der Waals surface area contributed by atoms with Gasteiger partial charge in [0.15, 0.2) is 5.75 Å². The number of nitrogens with zero attached hydrogens (tertiary/aromatic N) is 2. The van der Waals surface area contributed by atoms with Crippen molar-refractivity contribution >= 4 is 56.3 Å². The first-order chi connectivity index (χ1) is 11.7. The molecule has 0 bridgehead atoms. The first-order valence-corrected chi connectivity index (χ1v) is 9.68. The fourth-order valence-electron chi connectivity index (χ4n) is 2.27. The lowest BCUT2D eigenvalue weighted by Crippen LogP contribution is -2.36. The Morgan fingerprint density at radius 1 is 1.40 bits per heavy atom. The number of pyridine rings is 1. The van der Waals surface area contributed by atoms with E-state index in [0.717, 1.165) is 4.88 Å². The molecular weight excluding hydrogens is 380 g/mol. The zero-order chi connectivity index (χ0) is 18.2. The zero-order valence-electron chi connectivity index (χ0n) is 13.9. The van der Waals surface area contributed by atoms with E-state index in [1.807, 2.05) is 38.3 Å². The molecule has 8 heteroatoms. The number of rotatable bonds is 3. The minimum Gasteiger partial charge on any atom is -0.505 e. The summed E-state index contributed by atoms with van der Waals surface area (Å²) in [4.78, 5) is 19.5. The van der Waals surface area contributed by atoms with Crippen LogP contribution in [0.25, 0.3) is 10.2 Å². The summed E-state index contributed by atoms with van der Waals surface area (Å²) in [7, 11) is 0. The molecule has 3 aromatic rings. The first kappa shape index (κ1) is 18.0. The molecule has 3 heterocycles. The summed E-state index contributed by atoms with van der Waals surface area (Å²) >= 11 is 8.98. The Hall–Kier alpha value is -1.83. The van der Waals surface area contributed by atoms with Crippen molar-refractivity contribution in [2.24, 2.45) is 0 Å². The van der Waals surface area contributed by atoms with Gasteiger partial charge in [-0.05, 0) is 32.2 Å². The van der Waals surface area contributed by atoms with Crippen LogP contribution < -0.4 is 4.90 Å². The van der Waals surface area contributed by atoms with Crippen LogP contribution in [0.4, 0.5) is 10.5 Å². The van der Waals surface area contributed by atoms with Gasteiger partial charge in [0, 0.05) is 16.3 Å². The Labute approximate surface area is 158 Å². The van der Waals surface area contributed by atoms with Crippen LogP contribution in [0.1, 0.15) is 25.6 Å². The summed E-state index contributed by atoms with van der Waals surface area (Å²) in [5, 5.41) is 13.7. The summed E-state index contributed by atoms with van der Waals surface area (Å²) in [6.07, 6.45) is -0.475. The Morgan fingerprint density at radius 2 is 2.16 bits per heavy atom. The Kier molecular flexibility index (Phi) is 4.90. The van der Waals surface area contributed by atoms with Gasteiger partial charge in [0.05, 0.1) is 16.9 Å². The quantitative estimate of drug-likeness (QED) is 0.580. The molecule has 0 atom stereocenters. The Morgan fingerprint density at radius 3 is 2.80 bits per heavy atom. The fourth-order valence-corrected chi connectivity index (χ4v) is 4.05. The van der Waals surface area contributed by atoms with Gasteiger partial charge in [-0.3, -0.25) is 4.90 Å². The highest BCUT2D eigenvalue weighted by Crippen LogP contribution is 2.39. The lowest BCUT2D eigenvalue weighted by molar-refractivity contribution is 0.0578. The number of fused-ring (bicyclic) bond motifs is 1. The van der Waals surface area contributed by atoms with Crippen molar-refractivity contribution < 1.29 is 14.6 Å². The molecule has 3 aromatic heterocycles. The predicted molar refractivity (Wildman–Crippen MR) is 103 cm³/mol. The maximum Gasteiger partial charge on any atom is 0.415 e. The number of anilines is 1. The van der Waals surface area contributed by atoms with E-state index >= 15 is 0 Å². The van der Waals surface area contributed by atoms with Gasteiger partial charge in [-0.15, -0.1) is 22.7 Å². The molecule has 1 amide bonds. The van der Waals surface area contributed by atoms with E-state index in [1.54, 1.807) is 22.8 Å². The van der Waals surface area contributed by atoms with Crippen molar-refractivity contribution in [2.45, 2.75) is 32.9 Å². The van der Waals surface area contributed by atoms with Gasteiger partial charge in [0.2, 0.25) is 0 Å². The van der Waals surface area contributed by atoms with E-state index in [9.17, 15) is 9.90 Å². The van der Waals surface area contributed by atoms with Crippen molar-refractivity contribution in [3.05, 3.63) is 39.0 Å². The number of carbonyl (C=O) groups is 1. The Balaban J connectivity index is 2.09. The number of carbonyl (C=O) groups excluding carboxylic acids is 1. The second-order valence-electron chi connectivity index (χ2n) is 6.41. The number of thiophene rings is 2. The van der Waals surface area contributed by atoms with Crippen molar-refractivity contribution in [1.82, 2.24) is 4.98 Å². The molecule has 0 radical (unpaired) electrons. The lowest BCUT2D eigenvalue weighted by atomic mass is 10.2. The zero-order valence-corrected chi connectivity index (χ0v) is 16.3. The van der Waals surface area contributed by atoms with Gasteiger partial charge in [-0.1, -0.05) is 17.7 Å². The minimum atomic E-state index is -0.627. The van der Waals surface area contributed by atoms with E-state index in [-0.39, 0.29) is 10.9 Å². The molecule has 0 aliphatic carbocycles. The monoisotopic (exact) mass is 396 g/mol. The maximum absolute atomic E-state index is 12.8. The number of amides is 1. The molecule has 0 saturated carbocycles. The highest BCUT2D eigenvalue weighted by Gasteiger charge is 2.27. The SMILES string of the molecule is CC(C)(C)OC(=O)N(Cc1cccs1)c1cc(Cl)nc2c(O)csc12. The van der Waals surface area contributed by atoms with E-state index in [1.165, 1.54) is 16.2 Å². The molecule has 0 saturated heterocycles. The maximum atomic E-state index is 12.8. The second kappa shape index (κ2) is 6.82. The highest BCUT2D eigenvalue weighted by atomic mass is 35.5. The van der Waals surface area contributed by atoms with Crippen LogP contribution in [0.15, 0.2) is 29.0 Å². The highest BCUT2D eigenvalue weighted by molar-refractivity contribution is 7.18. The van der Waals surface area contributed by atoms with Crippen LogP contribution in [-0.4, -0.2) is 21.8 Å². The van der Waals surface area contributed by atoms with Gasteiger partial charge >= 0.3 is 6.09 Å². The molecule has 0 spiro atoms. The van der Waals surface area contributed by atoms with Crippen LogP contribution in [0.2, 0.25) is 5.15 Å². The Bertz CT molecular complexity index is 901.